The van der Waals surface area contributed by atoms with E-state index in [1.807, 2.05) is 27.7 Å². The van der Waals surface area contributed by atoms with Gasteiger partial charge in [-0.2, -0.15) is 0 Å². The second-order valence-electron chi connectivity index (χ2n) is 11.8. The molecular formula is C27H46N8O6. The van der Waals surface area contributed by atoms with Crippen molar-refractivity contribution in [1.29, 1.82) is 0 Å². The van der Waals surface area contributed by atoms with E-state index >= 15 is 0 Å². The van der Waals surface area contributed by atoms with Crippen molar-refractivity contribution in [1.82, 2.24) is 19.6 Å². The highest BCUT2D eigenvalue weighted by atomic mass is 16.6. The first-order valence-electron chi connectivity index (χ1n) is 14.5. The molecule has 14 heteroatoms. The van der Waals surface area contributed by atoms with Gasteiger partial charge in [-0.05, 0) is 37.5 Å². The Morgan fingerprint density at radius 2 is 1.44 bits per heavy atom. The van der Waals surface area contributed by atoms with Crippen molar-refractivity contribution in [3.63, 3.8) is 0 Å². The average Bonchev–Trinajstić information content (AvgIpc) is 2.93. The van der Waals surface area contributed by atoms with Crippen LogP contribution in [0.4, 0.5) is 9.59 Å². The first-order chi connectivity index (χ1) is 19.3. The Balaban J connectivity index is 1.65. The van der Waals surface area contributed by atoms with Crippen LogP contribution in [0.2, 0.25) is 0 Å². The highest BCUT2D eigenvalue weighted by Gasteiger charge is 2.56. The Bertz CT molecular complexity index is 1010. The van der Waals surface area contributed by atoms with E-state index in [0.29, 0.717) is 45.3 Å². The van der Waals surface area contributed by atoms with Crippen molar-refractivity contribution in [3.05, 3.63) is 0 Å². The number of carbonyl (C=O) groups excluding carboxylic acids is 5. The minimum Gasteiger partial charge on any atom is -0.446 e. The van der Waals surface area contributed by atoms with Gasteiger partial charge in [0.15, 0.2) is 5.96 Å². The topological polar surface area (TPSA) is 198 Å². The standard InChI is InChI=1S/C27H46N8O6/c1-16(2)21(17(3)4)41-27(40)34-14-12-33(13-15-34)26(39)35-20(19(23(35)37)6-5-9-31-25(29)30)24(38)32-10-7-18(8-11-32)22(28)36/h16-21H,5-15H2,1-4H3,(H2,28,36)(H4,29,30,31)/t19-,20+/m1/s1. The number of piperidine rings is 1. The summed E-state index contributed by atoms with van der Waals surface area (Å²) in [7, 11) is 0. The quantitative estimate of drug-likeness (QED) is 0.149. The predicted octanol–water partition coefficient (Wildman–Crippen LogP) is 0.146. The molecule has 0 spiro atoms. The van der Waals surface area contributed by atoms with Crippen molar-refractivity contribution in [2.24, 2.45) is 45.9 Å². The molecule has 2 atom stereocenters. The first-order valence-corrected chi connectivity index (χ1v) is 14.5. The number of hydrogen-bond acceptors (Lipinski definition) is 7. The second kappa shape index (κ2) is 13.9. The molecule has 6 N–H and O–H groups in total. The molecule has 3 fully saturated rings. The van der Waals surface area contributed by atoms with Gasteiger partial charge in [0.05, 0.1) is 5.92 Å². The molecule has 6 amide bonds. The third kappa shape index (κ3) is 7.59. The number of nitrogens with two attached hydrogens (primary N) is 3. The van der Waals surface area contributed by atoms with Gasteiger partial charge < -0.3 is 36.6 Å². The Morgan fingerprint density at radius 3 is 1.95 bits per heavy atom. The number of nitrogens with zero attached hydrogens (tertiary/aromatic N) is 5. The van der Waals surface area contributed by atoms with E-state index < -0.39 is 35.9 Å². The van der Waals surface area contributed by atoms with E-state index in [0.717, 1.165) is 4.90 Å². The summed E-state index contributed by atoms with van der Waals surface area (Å²) < 4.78 is 5.73. The molecule has 41 heavy (non-hydrogen) atoms. The number of β-lactam (4-membered cyclic amide) rings is 1. The van der Waals surface area contributed by atoms with E-state index in [1.165, 1.54) is 4.90 Å². The SMILES string of the molecule is CC(C)C(OC(=O)N1CCN(C(=O)N2C(=O)[C@H](CCCN=C(N)N)[C@H]2C(=O)N2CCC(C(N)=O)CC2)CC1)C(C)C. The number of aliphatic imine (C=N–C) groups is 1. The molecule has 3 aliphatic rings. The number of rotatable bonds is 9. The molecule has 14 nitrogen and oxygen atoms in total. The number of guanidine groups is 1. The lowest BCUT2D eigenvalue weighted by atomic mass is 9.82. The molecule has 0 aliphatic carbocycles. The van der Waals surface area contributed by atoms with Crippen molar-refractivity contribution < 1.29 is 28.7 Å². The zero-order valence-electron chi connectivity index (χ0n) is 24.7. The summed E-state index contributed by atoms with van der Waals surface area (Å²) in [5.74, 6) is -1.81. The van der Waals surface area contributed by atoms with Crippen molar-refractivity contribution in [3.8, 4) is 0 Å². The molecule has 0 unspecified atom stereocenters. The van der Waals surface area contributed by atoms with Crippen LogP contribution in [0, 0.1) is 23.7 Å². The Labute approximate surface area is 241 Å². The maximum absolute atomic E-state index is 13.6. The van der Waals surface area contributed by atoms with Crippen LogP contribution in [-0.4, -0.2) is 113 Å². The summed E-state index contributed by atoms with van der Waals surface area (Å²) in [4.78, 5) is 74.4. The fraction of sp³-hybridized carbons (Fsp3) is 0.778. The van der Waals surface area contributed by atoms with E-state index in [9.17, 15) is 24.0 Å². The van der Waals surface area contributed by atoms with E-state index in [4.69, 9.17) is 21.9 Å². The van der Waals surface area contributed by atoms with Gasteiger partial charge in [-0.25, -0.2) is 9.59 Å². The monoisotopic (exact) mass is 578 g/mol. The number of primary amides is 1. The summed E-state index contributed by atoms with van der Waals surface area (Å²) in [5.41, 5.74) is 16.2. The number of hydrogen-bond donors (Lipinski definition) is 3. The van der Waals surface area contributed by atoms with Crippen molar-refractivity contribution in [2.45, 2.75) is 65.5 Å². The zero-order chi connectivity index (χ0) is 30.4. The number of piperazine rings is 1. The van der Waals surface area contributed by atoms with Crippen molar-refractivity contribution >= 4 is 35.8 Å². The van der Waals surface area contributed by atoms with Gasteiger partial charge in [-0.15, -0.1) is 0 Å². The minimum atomic E-state index is -0.944. The van der Waals surface area contributed by atoms with Crippen LogP contribution in [0.1, 0.15) is 53.4 Å². The molecule has 230 valence electrons. The summed E-state index contributed by atoms with van der Waals surface area (Å²) in [6.07, 6.45) is 1.06. The van der Waals surface area contributed by atoms with Crippen LogP contribution in [0.25, 0.3) is 0 Å². The van der Waals surface area contributed by atoms with Crippen molar-refractivity contribution in [2.75, 3.05) is 45.8 Å². The maximum atomic E-state index is 13.6. The zero-order valence-corrected chi connectivity index (χ0v) is 24.7. The number of amides is 6. The smallest absolute Gasteiger partial charge is 0.410 e. The molecule has 0 radical (unpaired) electrons. The number of urea groups is 1. The second-order valence-corrected chi connectivity index (χ2v) is 11.8. The Kier molecular flexibility index (Phi) is 10.8. The normalized spacial score (nSPS) is 21.8. The number of likely N-dealkylation sites (tertiary alicyclic amines) is 2. The summed E-state index contributed by atoms with van der Waals surface area (Å²) >= 11 is 0. The molecule has 0 bridgehead atoms. The fourth-order valence-corrected chi connectivity index (χ4v) is 5.88. The molecule has 0 aromatic heterocycles. The van der Waals surface area contributed by atoms with Crippen LogP contribution in [0.15, 0.2) is 4.99 Å². The Hall–Kier alpha value is -3.58. The molecule has 3 aliphatic heterocycles. The lowest BCUT2D eigenvalue weighted by Gasteiger charge is -2.49. The van der Waals surface area contributed by atoms with Gasteiger partial charge >= 0.3 is 12.1 Å². The number of imide groups is 1. The van der Waals surface area contributed by atoms with Crippen LogP contribution in [0.5, 0.6) is 0 Å². The average molecular weight is 579 g/mol. The third-order valence-corrected chi connectivity index (χ3v) is 8.21. The summed E-state index contributed by atoms with van der Waals surface area (Å²) in [6.45, 7) is 9.93. The number of ether oxygens (including phenoxy) is 1. The van der Waals surface area contributed by atoms with Gasteiger partial charge in [0.2, 0.25) is 17.7 Å². The molecule has 0 saturated carbocycles. The van der Waals surface area contributed by atoms with Crippen LogP contribution < -0.4 is 17.2 Å². The summed E-state index contributed by atoms with van der Waals surface area (Å²) in [5, 5.41) is 0. The molecule has 0 aromatic carbocycles. The molecule has 3 saturated heterocycles. The van der Waals surface area contributed by atoms with E-state index in [-0.39, 0.29) is 61.9 Å². The number of carbonyl (C=O) groups is 5. The molecular weight excluding hydrogens is 532 g/mol. The summed E-state index contributed by atoms with van der Waals surface area (Å²) in [6, 6.07) is -1.49. The maximum Gasteiger partial charge on any atom is 0.410 e. The highest BCUT2D eigenvalue weighted by Crippen LogP contribution is 2.34. The first kappa shape index (κ1) is 31.9. The Morgan fingerprint density at radius 1 is 0.878 bits per heavy atom. The van der Waals surface area contributed by atoms with Crippen LogP contribution >= 0.6 is 0 Å². The van der Waals surface area contributed by atoms with E-state index in [2.05, 4.69) is 4.99 Å². The van der Waals surface area contributed by atoms with Crippen LogP contribution in [0.3, 0.4) is 0 Å². The molecule has 3 rings (SSSR count). The van der Waals surface area contributed by atoms with Gasteiger partial charge in [-0.3, -0.25) is 24.3 Å². The van der Waals surface area contributed by atoms with E-state index in [1.54, 1.807) is 9.80 Å². The van der Waals surface area contributed by atoms with Crippen LogP contribution in [-0.2, 0) is 19.1 Å². The van der Waals surface area contributed by atoms with Gasteiger partial charge in [0.1, 0.15) is 12.1 Å². The van der Waals surface area contributed by atoms with Gasteiger partial charge in [0.25, 0.3) is 0 Å². The fourth-order valence-electron chi connectivity index (χ4n) is 5.88. The largest absolute Gasteiger partial charge is 0.446 e. The predicted molar refractivity (Wildman–Crippen MR) is 151 cm³/mol. The minimum absolute atomic E-state index is 0.0568. The third-order valence-electron chi connectivity index (χ3n) is 8.21. The van der Waals surface area contributed by atoms with Gasteiger partial charge in [0, 0.05) is 51.7 Å². The highest BCUT2D eigenvalue weighted by molar-refractivity contribution is 6.09. The molecule has 0 aromatic rings. The molecule has 3 heterocycles. The van der Waals surface area contributed by atoms with Gasteiger partial charge in [-0.1, -0.05) is 27.7 Å². The lowest BCUT2D eigenvalue weighted by Crippen LogP contribution is -2.71. The lowest BCUT2D eigenvalue weighted by molar-refractivity contribution is -0.164.